The van der Waals surface area contributed by atoms with Crippen LogP contribution < -0.4 is 10.2 Å². The van der Waals surface area contributed by atoms with Crippen molar-refractivity contribution in [2.45, 2.75) is 13.0 Å². The molecule has 2 rings (SSSR count). The predicted octanol–water partition coefficient (Wildman–Crippen LogP) is 0.984. The lowest BCUT2D eigenvalue weighted by Gasteiger charge is -2.35. The van der Waals surface area contributed by atoms with Crippen molar-refractivity contribution in [3.8, 4) is 0 Å². The molecule has 2 heterocycles. The largest absolute Gasteiger partial charge is 0.464 e. The van der Waals surface area contributed by atoms with Crippen LogP contribution in [-0.2, 0) is 9.53 Å². The molecule has 8 nitrogen and oxygen atoms in total. The van der Waals surface area contributed by atoms with E-state index in [1.165, 1.54) is 6.07 Å². The van der Waals surface area contributed by atoms with Gasteiger partial charge in [-0.3, -0.25) is 10.1 Å². The first-order chi connectivity index (χ1) is 10.0. The van der Waals surface area contributed by atoms with Gasteiger partial charge in [0.05, 0.1) is 16.6 Å². The maximum Gasteiger partial charge on any atom is 0.330 e. The van der Waals surface area contributed by atoms with Crippen molar-refractivity contribution >= 4 is 29.1 Å². The number of rotatable bonds is 4. The number of aromatic nitrogens is 1. The van der Waals surface area contributed by atoms with Gasteiger partial charge in [-0.15, -0.1) is 0 Å². The van der Waals surface area contributed by atoms with Gasteiger partial charge in [0.2, 0.25) is 0 Å². The van der Waals surface area contributed by atoms with E-state index in [0.29, 0.717) is 25.5 Å². The van der Waals surface area contributed by atoms with Gasteiger partial charge in [0.1, 0.15) is 18.1 Å². The second kappa shape index (κ2) is 6.68. The topological polar surface area (TPSA) is 97.6 Å². The third kappa shape index (κ3) is 3.40. The molecule has 0 spiro atoms. The standard InChI is InChI=1S/C12H15ClN4O4/c1-2-21-12(18)10-7-14-3-4-16(10)11-9(13)5-8(6-15-11)17(19)20/h5-6,10,14H,2-4,7H2,1H3. The van der Waals surface area contributed by atoms with E-state index >= 15 is 0 Å². The molecule has 0 radical (unpaired) electrons. The van der Waals surface area contributed by atoms with Crippen LogP contribution in [0.5, 0.6) is 0 Å². The second-order valence-corrected chi connectivity index (χ2v) is 4.83. The van der Waals surface area contributed by atoms with E-state index < -0.39 is 11.0 Å². The first-order valence-corrected chi connectivity index (χ1v) is 6.86. The van der Waals surface area contributed by atoms with E-state index in [9.17, 15) is 14.9 Å². The summed E-state index contributed by atoms with van der Waals surface area (Å²) in [6, 6.07) is 0.680. The second-order valence-electron chi connectivity index (χ2n) is 4.42. The van der Waals surface area contributed by atoms with Gasteiger partial charge in [0, 0.05) is 25.7 Å². The fourth-order valence-corrected chi connectivity index (χ4v) is 2.41. The number of carbonyl (C=O) groups is 1. The molecule has 114 valence electrons. The molecule has 1 fully saturated rings. The molecular formula is C12H15ClN4O4. The van der Waals surface area contributed by atoms with Gasteiger partial charge in [-0.25, -0.2) is 9.78 Å². The van der Waals surface area contributed by atoms with Crippen LogP contribution in [0, 0.1) is 10.1 Å². The zero-order valence-corrected chi connectivity index (χ0v) is 12.2. The number of halogens is 1. The van der Waals surface area contributed by atoms with Crippen LogP contribution >= 0.6 is 11.6 Å². The lowest BCUT2D eigenvalue weighted by atomic mass is 10.2. The molecule has 9 heteroatoms. The summed E-state index contributed by atoms with van der Waals surface area (Å²) in [5, 5.41) is 13.9. The Balaban J connectivity index is 2.29. The van der Waals surface area contributed by atoms with Gasteiger partial charge in [0.25, 0.3) is 5.69 Å². The molecule has 0 aliphatic carbocycles. The van der Waals surface area contributed by atoms with Gasteiger partial charge >= 0.3 is 5.97 Å². The highest BCUT2D eigenvalue weighted by molar-refractivity contribution is 6.33. The average molecular weight is 315 g/mol. The van der Waals surface area contributed by atoms with Crippen molar-refractivity contribution in [3.63, 3.8) is 0 Å². The number of esters is 1. The van der Waals surface area contributed by atoms with E-state index in [0.717, 1.165) is 6.20 Å². The molecule has 1 aliphatic rings. The Hall–Kier alpha value is -1.93. The summed E-state index contributed by atoms with van der Waals surface area (Å²) in [5.41, 5.74) is -0.188. The van der Waals surface area contributed by atoms with Gasteiger partial charge in [-0.05, 0) is 6.92 Å². The molecular weight excluding hydrogens is 300 g/mol. The van der Waals surface area contributed by atoms with E-state index in [-0.39, 0.29) is 23.3 Å². The van der Waals surface area contributed by atoms with E-state index in [2.05, 4.69) is 10.3 Å². The number of nitrogens with zero attached hydrogens (tertiary/aromatic N) is 3. The fraction of sp³-hybridized carbons (Fsp3) is 0.500. The monoisotopic (exact) mass is 314 g/mol. The molecule has 1 N–H and O–H groups in total. The number of nitro groups is 1. The van der Waals surface area contributed by atoms with Gasteiger partial charge in [-0.2, -0.15) is 0 Å². The van der Waals surface area contributed by atoms with Crippen molar-refractivity contribution in [3.05, 3.63) is 27.4 Å². The Morgan fingerprint density at radius 1 is 1.71 bits per heavy atom. The lowest BCUT2D eigenvalue weighted by Crippen LogP contribution is -2.56. The predicted molar refractivity (Wildman–Crippen MR) is 76.5 cm³/mol. The first kappa shape index (κ1) is 15.5. The maximum absolute atomic E-state index is 12.0. The molecule has 1 saturated heterocycles. The molecule has 1 unspecified atom stereocenters. The third-order valence-electron chi connectivity index (χ3n) is 3.09. The molecule has 1 atom stereocenters. The lowest BCUT2D eigenvalue weighted by molar-refractivity contribution is -0.385. The van der Waals surface area contributed by atoms with Crippen LogP contribution in [-0.4, -0.2) is 48.2 Å². The number of hydrogen-bond acceptors (Lipinski definition) is 7. The number of pyridine rings is 1. The van der Waals surface area contributed by atoms with Gasteiger partial charge < -0.3 is 15.0 Å². The summed E-state index contributed by atoms with van der Waals surface area (Å²) >= 11 is 6.07. The number of anilines is 1. The van der Waals surface area contributed by atoms with Crippen LogP contribution in [0.1, 0.15) is 6.92 Å². The molecule has 0 saturated carbocycles. The smallest absolute Gasteiger partial charge is 0.330 e. The van der Waals surface area contributed by atoms with E-state index in [1.807, 2.05) is 0 Å². The zero-order valence-electron chi connectivity index (χ0n) is 11.4. The number of nitrogens with one attached hydrogen (secondary N) is 1. The molecule has 0 aromatic carbocycles. The fourth-order valence-electron chi connectivity index (χ4n) is 2.14. The maximum atomic E-state index is 12.0. The van der Waals surface area contributed by atoms with E-state index in [1.54, 1.807) is 11.8 Å². The molecule has 21 heavy (non-hydrogen) atoms. The van der Waals surface area contributed by atoms with Gasteiger partial charge in [-0.1, -0.05) is 11.6 Å². The van der Waals surface area contributed by atoms with E-state index in [4.69, 9.17) is 16.3 Å². The Labute approximate surface area is 126 Å². The summed E-state index contributed by atoms with van der Waals surface area (Å²) in [6.07, 6.45) is 1.13. The summed E-state index contributed by atoms with van der Waals surface area (Å²) in [5.74, 6) is -0.0252. The van der Waals surface area contributed by atoms with Crippen LogP contribution in [0.2, 0.25) is 5.02 Å². The number of piperazine rings is 1. The molecule has 0 bridgehead atoms. The van der Waals surface area contributed by atoms with Crippen molar-refractivity contribution < 1.29 is 14.5 Å². The molecule has 0 amide bonds. The number of ether oxygens (including phenoxy) is 1. The van der Waals surface area contributed by atoms with Gasteiger partial charge in [0.15, 0.2) is 0 Å². The van der Waals surface area contributed by atoms with Crippen LogP contribution in [0.3, 0.4) is 0 Å². The summed E-state index contributed by atoms with van der Waals surface area (Å²) < 4.78 is 5.04. The summed E-state index contributed by atoms with van der Waals surface area (Å²) in [7, 11) is 0. The minimum absolute atomic E-state index is 0.139. The minimum atomic E-state index is -0.566. The minimum Gasteiger partial charge on any atom is -0.464 e. The Kier molecular flexibility index (Phi) is 4.92. The quantitative estimate of drug-likeness (QED) is 0.502. The third-order valence-corrected chi connectivity index (χ3v) is 3.37. The van der Waals surface area contributed by atoms with Crippen molar-refractivity contribution in [2.24, 2.45) is 0 Å². The van der Waals surface area contributed by atoms with Crippen LogP contribution in [0.25, 0.3) is 0 Å². The highest BCUT2D eigenvalue weighted by Gasteiger charge is 2.32. The summed E-state index contributed by atoms with van der Waals surface area (Å²) in [6.45, 7) is 3.59. The number of hydrogen-bond donors (Lipinski definition) is 1. The van der Waals surface area contributed by atoms with Crippen molar-refractivity contribution in [1.29, 1.82) is 0 Å². The highest BCUT2D eigenvalue weighted by Crippen LogP contribution is 2.29. The molecule has 1 aromatic rings. The molecule has 1 aliphatic heterocycles. The Morgan fingerprint density at radius 3 is 3.10 bits per heavy atom. The Bertz CT molecular complexity index is 554. The Morgan fingerprint density at radius 2 is 2.48 bits per heavy atom. The van der Waals surface area contributed by atoms with Crippen LogP contribution in [0.4, 0.5) is 11.5 Å². The van der Waals surface area contributed by atoms with Crippen LogP contribution in [0.15, 0.2) is 12.3 Å². The average Bonchev–Trinajstić information content (AvgIpc) is 2.47. The first-order valence-electron chi connectivity index (χ1n) is 6.48. The van der Waals surface area contributed by atoms with Crippen molar-refractivity contribution in [2.75, 3.05) is 31.1 Å². The zero-order chi connectivity index (χ0) is 15.4. The highest BCUT2D eigenvalue weighted by atomic mass is 35.5. The summed E-state index contributed by atoms with van der Waals surface area (Å²) in [4.78, 5) is 27.9. The number of carbonyl (C=O) groups excluding carboxylic acids is 1. The SMILES string of the molecule is CCOC(=O)C1CNCCN1c1ncc([N+](=O)[O-])cc1Cl. The molecule has 1 aromatic heterocycles. The van der Waals surface area contributed by atoms with Crippen molar-refractivity contribution in [1.82, 2.24) is 10.3 Å². The normalized spacial score (nSPS) is 18.4.